The van der Waals surface area contributed by atoms with E-state index in [1.807, 2.05) is 66.7 Å². The second-order valence-corrected chi connectivity index (χ2v) is 9.31. The number of carboxylic acid groups (broad SMARTS) is 1. The lowest BCUT2D eigenvalue weighted by Gasteiger charge is -2.41. The van der Waals surface area contributed by atoms with Crippen molar-refractivity contribution < 1.29 is 14.7 Å². The van der Waals surface area contributed by atoms with Crippen LogP contribution in [0.25, 0.3) is 11.1 Å². The van der Waals surface area contributed by atoms with Gasteiger partial charge in [-0.05, 0) is 46.0 Å². The molecule has 5 heteroatoms. The van der Waals surface area contributed by atoms with E-state index in [9.17, 15) is 14.7 Å². The van der Waals surface area contributed by atoms with Gasteiger partial charge in [-0.3, -0.25) is 9.59 Å². The molecular formula is C29H22BrNO3. The smallest absolute Gasteiger partial charge is 0.313 e. The molecule has 4 aromatic rings. The zero-order valence-electron chi connectivity index (χ0n) is 18.3. The maximum absolute atomic E-state index is 13.7. The Bertz CT molecular complexity index is 1330. The SMILES string of the molecule is O=C(O)C1c2ccccc2C(=O)N(Cc2ccc(-c3ccccc3)cc2)C1c1ccc(Br)cc1. The molecule has 2 atom stereocenters. The number of nitrogens with zero attached hydrogens (tertiary/aromatic N) is 1. The summed E-state index contributed by atoms with van der Waals surface area (Å²) >= 11 is 3.45. The third-order valence-corrected chi connectivity index (χ3v) is 6.86. The summed E-state index contributed by atoms with van der Waals surface area (Å²) in [4.78, 5) is 27.9. The number of rotatable bonds is 5. The van der Waals surface area contributed by atoms with Gasteiger partial charge in [0.05, 0.1) is 6.04 Å². The van der Waals surface area contributed by atoms with E-state index in [-0.39, 0.29) is 5.91 Å². The van der Waals surface area contributed by atoms with Crippen molar-refractivity contribution in [2.24, 2.45) is 0 Å². The standard InChI is InChI=1S/C29H22BrNO3/c30-23-16-14-22(15-17-23)27-26(29(33)34)24-8-4-5-9-25(24)28(32)31(27)18-19-10-12-21(13-11-19)20-6-2-1-3-7-20/h1-17,26-27H,18H2,(H,33,34). The van der Waals surface area contributed by atoms with Crippen LogP contribution in [0.5, 0.6) is 0 Å². The van der Waals surface area contributed by atoms with Crippen LogP contribution in [0.2, 0.25) is 0 Å². The molecule has 4 nitrogen and oxygen atoms in total. The van der Waals surface area contributed by atoms with Gasteiger partial charge in [0.25, 0.3) is 5.91 Å². The Labute approximate surface area is 206 Å². The summed E-state index contributed by atoms with van der Waals surface area (Å²) < 4.78 is 0.897. The lowest BCUT2D eigenvalue weighted by atomic mass is 9.79. The minimum Gasteiger partial charge on any atom is -0.481 e. The van der Waals surface area contributed by atoms with E-state index in [0.717, 1.165) is 26.7 Å². The Morgan fingerprint density at radius 3 is 2.09 bits per heavy atom. The summed E-state index contributed by atoms with van der Waals surface area (Å²) in [6.45, 7) is 0.312. The second kappa shape index (κ2) is 9.27. The average molecular weight is 512 g/mol. The quantitative estimate of drug-likeness (QED) is 0.325. The molecule has 0 aromatic heterocycles. The highest BCUT2D eigenvalue weighted by atomic mass is 79.9. The molecule has 0 saturated heterocycles. The van der Waals surface area contributed by atoms with Crippen LogP contribution in [0.15, 0.2) is 108 Å². The van der Waals surface area contributed by atoms with Gasteiger partial charge >= 0.3 is 5.97 Å². The summed E-state index contributed by atoms with van der Waals surface area (Å²) in [6.07, 6.45) is 0. The molecule has 168 valence electrons. The highest BCUT2D eigenvalue weighted by Crippen LogP contribution is 2.43. The van der Waals surface area contributed by atoms with Gasteiger partial charge in [0.1, 0.15) is 5.92 Å². The number of benzene rings is 4. The summed E-state index contributed by atoms with van der Waals surface area (Å²) in [6, 6.07) is 32.1. The average Bonchev–Trinajstić information content (AvgIpc) is 2.87. The Kier molecular flexibility index (Phi) is 6.03. The molecule has 1 aliphatic heterocycles. The van der Waals surface area contributed by atoms with Gasteiger partial charge in [-0.2, -0.15) is 0 Å². The monoisotopic (exact) mass is 511 g/mol. The first-order valence-electron chi connectivity index (χ1n) is 11.1. The molecule has 0 aliphatic carbocycles. The highest BCUT2D eigenvalue weighted by molar-refractivity contribution is 9.10. The first kappa shape index (κ1) is 22.1. The third-order valence-electron chi connectivity index (χ3n) is 6.33. The van der Waals surface area contributed by atoms with Crippen LogP contribution in [0.3, 0.4) is 0 Å². The molecule has 0 spiro atoms. The zero-order valence-corrected chi connectivity index (χ0v) is 19.9. The first-order valence-corrected chi connectivity index (χ1v) is 11.8. The van der Waals surface area contributed by atoms with Gasteiger partial charge in [-0.1, -0.05) is 101 Å². The maximum Gasteiger partial charge on any atom is 0.313 e. The van der Waals surface area contributed by atoms with E-state index in [2.05, 4.69) is 28.1 Å². The summed E-state index contributed by atoms with van der Waals surface area (Å²) in [7, 11) is 0. The number of hydrogen-bond acceptors (Lipinski definition) is 2. The van der Waals surface area contributed by atoms with Crippen LogP contribution in [-0.2, 0) is 11.3 Å². The molecule has 1 N–H and O–H groups in total. The van der Waals surface area contributed by atoms with Crippen molar-refractivity contribution in [3.05, 3.63) is 130 Å². The number of carbonyl (C=O) groups excluding carboxylic acids is 1. The Morgan fingerprint density at radius 1 is 0.794 bits per heavy atom. The molecule has 5 rings (SSSR count). The fraction of sp³-hybridized carbons (Fsp3) is 0.103. The van der Waals surface area contributed by atoms with E-state index in [1.165, 1.54) is 0 Å². The minimum absolute atomic E-state index is 0.159. The fourth-order valence-corrected chi connectivity index (χ4v) is 4.96. The van der Waals surface area contributed by atoms with Crippen LogP contribution in [-0.4, -0.2) is 21.9 Å². The van der Waals surface area contributed by atoms with E-state index in [0.29, 0.717) is 17.7 Å². The van der Waals surface area contributed by atoms with Crippen LogP contribution in [0, 0.1) is 0 Å². The van der Waals surface area contributed by atoms with Gasteiger partial charge in [-0.15, -0.1) is 0 Å². The molecule has 1 heterocycles. The third kappa shape index (κ3) is 4.15. The summed E-state index contributed by atoms with van der Waals surface area (Å²) in [5, 5.41) is 10.3. The van der Waals surface area contributed by atoms with E-state index < -0.39 is 17.9 Å². The maximum atomic E-state index is 13.7. The summed E-state index contributed by atoms with van der Waals surface area (Å²) in [5.41, 5.74) is 4.95. The van der Waals surface area contributed by atoms with Crippen molar-refractivity contribution in [1.29, 1.82) is 0 Å². The molecule has 2 unspecified atom stereocenters. The highest BCUT2D eigenvalue weighted by Gasteiger charge is 2.44. The predicted molar refractivity (Wildman–Crippen MR) is 135 cm³/mol. The van der Waals surface area contributed by atoms with Gasteiger partial charge < -0.3 is 10.0 Å². The van der Waals surface area contributed by atoms with Gasteiger partial charge in [0.2, 0.25) is 0 Å². The van der Waals surface area contributed by atoms with Crippen LogP contribution in [0.4, 0.5) is 0 Å². The molecule has 0 fully saturated rings. The number of halogens is 1. The molecule has 34 heavy (non-hydrogen) atoms. The topological polar surface area (TPSA) is 57.6 Å². The number of fused-ring (bicyclic) bond motifs is 1. The van der Waals surface area contributed by atoms with Crippen LogP contribution < -0.4 is 0 Å². The van der Waals surface area contributed by atoms with Crippen molar-refractivity contribution in [2.45, 2.75) is 18.5 Å². The predicted octanol–water partition coefficient (Wildman–Crippen LogP) is 6.68. The fourth-order valence-electron chi connectivity index (χ4n) is 4.69. The van der Waals surface area contributed by atoms with Crippen LogP contribution >= 0.6 is 15.9 Å². The van der Waals surface area contributed by atoms with Gasteiger partial charge in [-0.25, -0.2) is 0 Å². The minimum atomic E-state index is -0.947. The van der Waals surface area contributed by atoms with Crippen molar-refractivity contribution in [3.8, 4) is 11.1 Å². The van der Waals surface area contributed by atoms with Gasteiger partial charge in [0, 0.05) is 16.6 Å². The van der Waals surface area contributed by atoms with Crippen molar-refractivity contribution in [1.82, 2.24) is 4.90 Å². The zero-order chi connectivity index (χ0) is 23.7. The molecule has 0 bridgehead atoms. The van der Waals surface area contributed by atoms with Crippen molar-refractivity contribution >= 4 is 27.8 Å². The molecule has 0 radical (unpaired) electrons. The molecule has 0 saturated carbocycles. The van der Waals surface area contributed by atoms with Crippen molar-refractivity contribution in [2.75, 3.05) is 0 Å². The normalized spacial score (nSPS) is 17.3. The first-order chi connectivity index (χ1) is 16.5. The number of aliphatic carboxylic acids is 1. The molecular weight excluding hydrogens is 490 g/mol. The summed E-state index contributed by atoms with van der Waals surface area (Å²) in [5.74, 6) is -1.97. The second-order valence-electron chi connectivity index (χ2n) is 8.40. The number of carbonyl (C=O) groups is 2. The molecule has 1 amide bonds. The Hall–Kier alpha value is -3.70. The largest absolute Gasteiger partial charge is 0.481 e. The number of hydrogen-bond donors (Lipinski definition) is 1. The van der Waals surface area contributed by atoms with Gasteiger partial charge in [0.15, 0.2) is 0 Å². The Balaban J connectivity index is 1.56. The number of amides is 1. The lowest BCUT2D eigenvalue weighted by Crippen LogP contribution is -2.44. The van der Waals surface area contributed by atoms with Crippen molar-refractivity contribution in [3.63, 3.8) is 0 Å². The van der Waals surface area contributed by atoms with Crippen LogP contribution in [0.1, 0.15) is 39.0 Å². The number of carboxylic acids is 1. The van der Waals surface area contributed by atoms with E-state index in [1.54, 1.807) is 29.2 Å². The lowest BCUT2D eigenvalue weighted by molar-refractivity contribution is -0.140. The Morgan fingerprint density at radius 2 is 1.41 bits per heavy atom. The van der Waals surface area contributed by atoms with E-state index >= 15 is 0 Å². The molecule has 4 aromatic carbocycles. The van der Waals surface area contributed by atoms with E-state index in [4.69, 9.17) is 0 Å². The molecule has 1 aliphatic rings.